The van der Waals surface area contributed by atoms with Gasteiger partial charge >= 0.3 is 0 Å². The topological polar surface area (TPSA) is 102 Å². The van der Waals surface area contributed by atoms with Gasteiger partial charge in [-0.3, -0.25) is 14.4 Å². The first-order valence-corrected chi connectivity index (χ1v) is 3.46. The number of hydroxylamine groups is 1. The van der Waals surface area contributed by atoms with Crippen molar-refractivity contribution in [3.8, 4) is 0 Å². The minimum absolute atomic E-state index is 0.0523. The largest absolute Gasteiger partial charge is 0.396 e. The summed E-state index contributed by atoms with van der Waals surface area (Å²) in [5, 5.41) is 8.33. The molecule has 6 nitrogen and oxygen atoms in total. The molecule has 0 atom stereocenters. The molecule has 12 heavy (non-hydrogen) atoms. The van der Waals surface area contributed by atoms with Crippen molar-refractivity contribution in [2.45, 2.75) is 12.8 Å². The molecule has 0 bridgehead atoms. The number of carbonyl (C=O) groups excluding carboxylic acids is 2. The van der Waals surface area contributed by atoms with E-state index >= 15 is 0 Å². The van der Waals surface area contributed by atoms with Gasteiger partial charge in [-0.2, -0.15) is 0 Å². The van der Waals surface area contributed by atoms with E-state index < -0.39 is 5.91 Å². The summed E-state index contributed by atoms with van der Waals surface area (Å²) >= 11 is 0. The van der Waals surface area contributed by atoms with Crippen molar-refractivity contribution < 1.29 is 19.5 Å². The van der Waals surface area contributed by atoms with E-state index in [9.17, 15) is 9.59 Å². The molecule has 0 spiro atoms. The second kappa shape index (κ2) is 6.56. The Balaban J connectivity index is 3.25. The van der Waals surface area contributed by atoms with Crippen molar-refractivity contribution in [3.05, 3.63) is 0 Å². The Bertz CT molecular complexity index is 160. The molecule has 0 saturated carbocycles. The fourth-order valence-electron chi connectivity index (χ4n) is 0.478. The lowest BCUT2D eigenvalue weighted by atomic mass is 10.3. The number of hydrogen-bond acceptors (Lipinski definition) is 4. The third kappa shape index (κ3) is 6.97. The highest BCUT2D eigenvalue weighted by atomic mass is 16.7. The lowest BCUT2D eigenvalue weighted by molar-refractivity contribution is -0.138. The maximum absolute atomic E-state index is 10.7. The Hall–Kier alpha value is -1.14. The minimum Gasteiger partial charge on any atom is -0.396 e. The van der Waals surface area contributed by atoms with Crippen LogP contribution in [0.1, 0.15) is 12.8 Å². The zero-order chi connectivity index (χ0) is 9.40. The molecular formula is C6H12N2O4. The molecule has 70 valence electrons. The summed E-state index contributed by atoms with van der Waals surface area (Å²) in [6.45, 7) is -0.395. The quantitative estimate of drug-likeness (QED) is 0.419. The summed E-state index contributed by atoms with van der Waals surface area (Å²) in [4.78, 5) is 25.2. The molecule has 0 aromatic heterocycles. The van der Waals surface area contributed by atoms with E-state index in [-0.39, 0.29) is 25.5 Å². The second-order valence-corrected chi connectivity index (χ2v) is 2.11. The van der Waals surface area contributed by atoms with Gasteiger partial charge in [0, 0.05) is 13.0 Å². The molecule has 0 aliphatic carbocycles. The lowest BCUT2D eigenvalue weighted by Gasteiger charge is -2.02. The smallest absolute Gasteiger partial charge is 0.246 e. The number of primary amides is 1. The van der Waals surface area contributed by atoms with Crippen LogP contribution in [0.4, 0.5) is 0 Å². The predicted octanol–water partition coefficient (Wildman–Crippen LogP) is -1.71. The van der Waals surface area contributed by atoms with Gasteiger partial charge in [0.1, 0.15) is 0 Å². The number of amides is 2. The van der Waals surface area contributed by atoms with Gasteiger partial charge in [0.15, 0.2) is 6.61 Å². The van der Waals surface area contributed by atoms with Crippen LogP contribution in [0.3, 0.4) is 0 Å². The average molecular weight is 176 g/mol. The van der Waals surface area contributed by atoms with Crippen LogP contribution >= 0.6 is 0 Å². The predicted molar refractivity (Wildman–Crippen MR) is 39.6 cm³/mol. The van der Waals surface area contributed by atoms with E-state index in [1.807, 2.05) is 5.48 Å². The number of aliphatic hydroxyl groups excluding tert-OH is 1. The first kappa shape index (κ1) is 10.9. The summed E-state index contributed by atoms with van der Waals surface area (Å²) in [5.41, 5.74) is 6.72. The Morgan fingerprint density at radius 2 is 2.17 bits per heavy atom. The highest BCUT2D eigenvalue weighted by Crippen LogP contribution is 1.85. The number of carbonyl (C=O) groups is 2. The average Bonchev–Trinajstić information content (AvgIpc) is 2.00. The van der Waals surface area contributed by atoms with Gasteiger partial charge in [-0.25, -0.2) is 5.48 Å². The molecule has 0 fully saturated rings. The summed E-state index contributed by atoms with van der Waals surface area (Å²) < 4.78 is 0. The molecule has 0 aliphatic rings. The lowest BCUT2D eigenvalue weighted by Crippen LogP contribution is -2.29. The zero-order valence-corrected chi connectivity index (χ0v) is 6.58. The van der Waals surface area contributed by atoms with E-state index in [2.05, 4.69) is 4.84 Å². The standard InChI is InChI=1S/C6H12N2O4/c7-5(10)4-12-8-6(11)2-1-3-9/h9H,1-4H2,(H2,7,10)(H,8,11). The number of nitrogens with two attached hydrogens (primary N) is 1. The molecule has 0 radical (unpaired) electrons. The van der Waals surface area contributed by atoms with Gasteiger partial charge in [0.05, 0.1) is 0 Å². The molecule has 6 heteroatoms. The van der Waals surface area contributed by atoms with Crippen molar-refractivity contribution >= 4 is 11.8 Å². The SMILES string of the molecule is NC(=O)CONC(=O)CCCO. The molecule has 2 amide bonds. The minimum atomic E-state index is -0.655. The van der Waals surface area contributed by atoms with Gasteiger partial charge < -0.3 is 10.8 Å². The summed E-state index contributed by atoms with van der Waals surface area (Å²) in [7, 11) is 0. The maximum Gasteiger partial charge on any atom is 0.246 e. The van der Waals surface area contributed by atoms with Crippen molar-refractivity contribution in [3.63, 3.8) is 0 Å². The Kier molecular flexibility index (Phi) is 5.94. The van der Waals surface area contributed by atoms with Crippen LogP contribution in [0.25, 0.3) is 0 Å². The van der Waals surface area contributed by atoms with Crippen LogP contribution in [0, 0.1) is 0 Å². The van der Waals surface area contributed by atoms with Crippen molar-refractivity contribution in [2.75, 3.05) is 13.2 Å². The van der Waals surface area contributed by atoms with E-state index in [0.29, 0.717) is 6.42 Å². The van der Waals surface area contributed by atoms with Gasteiger partial charge in [-0.1, -0.05) is 0 Å². The van der Waals surface area contributed by atoms with Gasteiger partial charge in [-0.15, -0.1) is 0 Å². The number of aliphatic hydroxyl groups is 1. The molecule has 0 aromatic rings. The first-order chi connectivity index (χ1) is 5.66. The summed E-state index contributed by atoms with van der Waals surface area (Å²) in [5.74, 6) is -1.04. The van der Waals surface area contributed by atoms with E-state index in [1.54, 1.807) is 0 Å². The summed E-state index contributed by atoms with van der Waals surface area (Å²) in [6.07, 6.45) is 0.529. The third-order valence-electron chi connectivity index (χ3n) is 0.962. The summed E-state index contributed by atoms with van der Waals surface area (Å²) in [6, 6.07) is 0. The van der Waals surface area contributed by atoms with E-state index in [1.165, 1.54) is 0 Å². The van der Waals surface area contributed by atoms with Gasteiger partial charge in [0.2, 0.25) is 11.8 Å². The number of nitrogens with one attached hydrogen (secondary N) is 1. The van der Waals surface area contributed by atoms with Gasteiger partial charge in [-0.05, 0) is 6.42 Å². The van der Waals surface area contributed by atoms with Crippen LogP contribution in [0.5, 0.6) is 0 Å². The van der Waals surface area contributed by atoms with Crippen LogP contribution < -0.4 is 11.2 Å². The van der Waals surface area contributed by atoms with Crippen LogP contribution in [0.2, 0.25) is 0 Å². The normalized spacial score (nSPS) is 9.42. The molecule has 0 heterocycles. The molecule has 4 N–H and O–H groups in total. The Morgan fingerprint density at radius 1 is 1.50 bits per heavy atom. The zero-order valence-electron chi connectivity index (χ0n) is 6.58. The monoisotopic (exact) mass is 176 g/mol. The van der Waals surface area contributed by atoms with Gasteiger partial charge in [0.25, 0.3) is 0 Å². The molecule has 0 unspecified atom stereocenters. The van der Waals surface area contributed by atoms with E-state index in [0.717, 1.165) is 0 Å². The number of hydrogen-bond donors (Lipinski definition) is 3. The highest BCUT2D eigenvalue weighted by molar-refractivity contribution is 5.76. The molecule has 0 saturated heterocycles. The Morgan fingerprint density at radius 3 is 2.67 bits per heavy atom. The fourth-order valence-corrected chi connectivity index (χ4v) is 0.478. The van der Waals surface area contributed by atoms with Crippen LogP contribution in [-0.4, -0.2) is 30.1 Å². The maximum atomic E-state index is 10.7. The molecular weight excluding hydrogens is 164 g/mol. The van der Waals surface area contributed by atoms with Crippen LogP contribution in [-0.2, 0) is 14.4 Å². The first-order valence-electron chi connectivity index (χ1n) is 3.46. The van der Waals surface area contributed by atoms with Crippen molar-refractivity contribution in [2.24, 2.45) is 5.73 Å². The van der Waals surface area contributed by atoms with E-state index in [4.69, 9.17) is 10.8 Å². The molecule has 0 aromatic carbocycles. The third-order valence-corrected chi connectivity index (χ3v) is 0.962. The van der Waals surface area contributed by atoms with Crippen LogP contribution in [0.15, 0.2) is 0 Å². The molecule has 0 rings (SSSR count). The second-order valence-electron chi connectivity index (χ2n) is 2.11. The van der Waals surface area contributed by atoms with Crippen molar-refractivity contribution in [1.82, 2.24) is 5.48 Å². The Labute approximate surface area is 69.6 Å². The fraction of sp³-hybridized carbons (Fsp3) is 0.667. The molecule has 0 aliphatic heterocycles. The van der Waals surface area contributed by atoms with Crippen molar-refractivity contribution in [1.29, 1.82) is 0 Å². The number of rotatable bonds is 6. The highest BCUT2D eigenvalue weighted by Gasteiger charge is 2.00.